The first kappa shape index (κ1) is 20.8. The van der Waals surface area contributed by atoms with Crippen LogP contribution in [-0.4, -0.2) is 35.2 Å². The van der Waals surface area contributed by atoms with Crippen LogP contribution in [0.25, 0.3) is 0 Å². The fourth-order valence-electron chi connectivity index (χ4n) is 2.18. The van der Waals surface area contributed by atoms with Crippen molar-refractivity contribution in [2.45, 2.75) is 33.1 Å². The van der Waals surface area contributed by atoms with Gasteiger partial charge in [-0.25, -0.2) is 0 Å². The zero-order valence-electron chi connectivity index (χ0n) is 15.5. The van der Waals surface area contributed by atoms with Crippen LogP contribution in [0.1, 0.15) is 31.7 Å². The molecule has 0 saturated heterocycles. The largest absolute Gasteiger partial charge is 0.492 e. The predicted octanol–water partition coefficient (Wildman–Crippen LogP) is 2.43. The van der Waals surface area contributed by atoms with E-state index in [2.05, 4.69) is 34.7 Å². The third-order valence-electron chi connectivity index (χ3n) is 3.40. The van der Waals surface area contributed by atoms with E-state index in [1.807, 2.05) is 0 Å². The van der Waals surface area contributed by atoms with Gasteiger partial charge in [-0.15, -0.1) is 10.2 Å². The average Bonchev–Trinajstić information content (AvgIpc) is 3.05. The summed E-state index contributed by atoms with van der Waals surface area (Å²) in [6, 6.07) is 6.98. The molecule has 0 aliphatic heterocycles. The summed E-state index contributed by atoms with van der Waals surface area (Å²) in [4.78, 5) is 24.0. The van der Waals surface area contributed by atoms with Gasteiger partial charge < -0.3 is 21.1 Å². The maximum Gasteiger partial charge on any atom is 0.226 e. The van der Waals surface area contributed by atoms with E-state index in [1.165, 1.54) is 11.3 Å². The smallest absolute Gasteiger partial charge is 0.226 e. The van der Waals surface area contributed by atoms with Crippen molar-refractivity contribution in [2.75, 3.05) is 23.8 Å². The van der Waals surface area contributed by atoms with Crippen molar-refractivity contribution < 1.29 is 14.3 Å². The molecule has 9 heteroatoms. The quantitative estimate of drug-likeness (QED) is 0.572. The molecule has 4 N–H and O–H groups in total. The van der Waals surface area contributed by atoms with Crippen molar-refractivity contribution in [2.24, 2.45) is 11.7 Å². The molecule has 0 bridgehead atoms. The lowest BCUT2D eigenvalue weighted by Crippen LogP contribution is -2.17. The second-order valence-electron chi connectivity index (χ2n) is 6.36. The summed E-state index contributed by atoms with van der Waals surface area (Å²) >= 11 is 1.36. The molecular weight excluding hydrogens is 366 g/mol. The Hall–Kier alpha value is -2.52. The highest BCUT2D eigenvalue weighted by Crippen LogP contribution is 2.19. The Balaban J connectivity index is 1.73. The first-order chi connectivity index (χ1) is 13.0. The Labute approximate surface area is 162 Å². The molecule has 0 aliphatic rings. The Morgan fingerprint density at radius 3 is 2.41 bits per heavy atom. The predicted molar refractivity (Wildman–Crippen MR) is 106 cm³/mol. The van der Waals surface area contributed by atoms with Gasteiger partial charge in [0.1, 0.15) is 17.4 Å². The molecule has 0 spiro atoms. The van der Waals surface area contributed by atoms with Crippen LogP contribution in [0, 0.1) is 5.92 Å². The monoisotopic (exact) mass is 391 g/mol. The van der Waals surface area contributed by atoms with E-state index in [1.54, 1.807) is 24.3 Å². The Morgan fingerprint density at radius 2 is 1.78 bits per heavy atom. The standard InChI is InChI=1S/C18H25N5O3S/c1-12(2)11-17-22-23-18(27-17)21-16(25)8-7-15(24)20-13-3-5-14(6-4-13)26-10-9-19/h3-6,12H,7-11,19H2,1-2H3,(H,20,24)(H,21,23,25). The molecule has 1 aromatic heterocycles. The fourth-order valence-corrected chi connectivity index (χ4v) is 3.15. The molecule has 0 unspecified atom stereocenters. The number of rotatable bonds is 10. The van der Waals surface area contributed by atoms with Gasteiger partial charge in [-0.05, 0) is 30.2 Å². The van der Waals surface area contributed by atoms with Crippen LogP contribution in [0.15, 0.2) is 24.3 Å². The highest BCUT2D eigenvalue weighted by molar-refractivity contribution is 7.15. The molecule has 2 aromatic rings. The van der Waals surface area contributed by atoms with Crippen LogP contribution in [0.4, 0.5) is 10.8 Å². The number of nitrogens with one attached hydrogen (secondary N) is 2. The van der Waals surface area contributed by atoms with Gasteiger partial charge in [0.25, 0.3) is 0 Å². The molecule has 1 heterocycles. The molecule has 0 aliphatic carbocycles. The van der Waals surface area contributed by atoms with Crippen LogP contribution in [0.2, 0.25) is 0 Å². The molecule has 1 aromatic carbocycles. The highest BCUT2D eigenvalue weighted by Gasteiger charge is 2.11. The lowest BCUT2D eigenvalue weighted by Gasteiger charge is -2.07. The Morgan fingerprint density at radius 1 is 1.11 bits per heavy atom. The van der Waals surface area contributed by atoms with Crippen LogP contribution < -0.4 is 21.1 Å². The van der Waals surface area contributed by atoms with Gasteiger partial charge in [0.2, 0.25) is 16.9 Å². The Bertz CT molecular complexity index is 746. The minimum absolute atomic E-state index is 0.0720. The number of hydrogen-bond donors (Lipinski definition) is 3. The summed E-state index contributed by atoms with van der Waals surface area (Å²) in [5, 5.41) is 14.8. The van der Waals surface area contributed by atoms with Crippen molar-refractivity contribution >= 4 is 34.0 Å². The molecule has 2 amide bonds. The van der Waals surface area contributed by atoms with Gasteiger partial charge in [0.05, 0.1) is 0 Å². The molecule has 8 nitrogen and oxygen atoms in total. The third-order valence-corrected chi connectivity index (χ3v) is 4.26. The summed E-state index contributed by atoms with van der Waals surface area (Å²) in [6.45, 7) is 5.07. The second-order valence-corrected chi connectivity index (χ2v) is 7.42. The lowest BCUT2D eigenvalue weighted by molar-refractivity contribution is -0.121. The number of carbonyl (C=O) groups excluding carboxylic acids is 2. The normalized spacial score (nSPS) is 10.7. The maximum atomic E-state index is 12.0. The number of benzene rings is 1. The summed E-state index contributed by atoms with van der Waals surface area (Å²) in [5.41, 5.74) is 6.02. The molecule has 0 atom stereocenters. The van der Waals surface area contributed by atoms with Gasteiger partial charge in [-0.3, -0.25) is 9.59 Å². The Kier molecular flexibility index (Phi) is 8.15. The van der Waals surface area contributed by atoms with Crippen LogP contribution in [0.5, 0.6) is 5.75 Å². The zero-order chi connectivity index (χ0) is 19.6. The summed E-state index contributed by atoms with van der Waals surface area (Å²) in [7, 11) is 0. The highest BCUT2D eigenvalue weighted by atomic mass is 32.1. The molecule has 146 valence electrons. The van der Waals surface area contributed by atoms with Gasteiger partial charge in [-0.1, -0.05) is 25.2 Å². The van der Waals surface area contributed by atoms with E-state index < -0.39 is 0 Å². The van der Waals surface area contributed by atoms with E-state index in [-0.39, 0.29) is 24.7 Å². The summed E-state index contributed by atoms with van der Waals surface area (Å²) in [6.07, 6.45) is 0.976. The molecular formula is C18H25N5O3S. The van der Waals surface area contributed by atoms with E-state index in [0.29, 0.717) is 35.6 Å². The number of amides is 2. The maximum absolute atomic E-state index is 12.0. The van der Waals surface area contributed by atoms with Crippen LogP contribution in [0.3, 0.4) is 0 Å². The van der Waals surface area contributed by atoms with Gasteiger partial charge in [-0.2, -0.15) is 0 Å². The molecule has 27 heavy (non-hydrogen) atoms. The third kappa shape index (κ3) is 7.71. The topological polar surface area (TPSA) is 119 Å². The summed E-state index contributed by atoms with van der Waals surface area (Å²) < 4.78 is 5.37. The molecule has 0 fully saturated rings. The van der Waals surface area contributed by atoms with Crippen molar-refractivity contribution in [3.05, 3.63) is 29.3 Å². The number of anilines is 2. The van der Waals surface area contributed by atoms with Crippen molar-refractivity contribution in [1.29, 1.82) is 0 Å². The van der Waals surface area contributed by atoms with Crippen molar-refractivity contribution in [3.8, 4) is 5.75 Å². The first-order valence-corrected chi connectivity index (χ1v) is 9.63. The summed E-state index contributed by atoms with van der Waals surface area (Å²) in [5.74, 6) is 0.666. The zero-order valence-corrected chi connectivity index (χ0v) is 16.3. The average molecular weight is 391 g/mol. The number of hydrogen-bond acceptors (Lipinski definition) is 7. The minimum Gasteiger partial charge on any atom is -0.492 e. The minimum atomic E-state index is -0.261. The molecule has 2 rings (SSSR count). The number of nitrogens with zero attached hydrogens (tertiary/aromatic N) is 2. The lowest BCUT2D eigenvalue weighted by atomic mass is 10.1. The van der Waals surface area contributed by atoms with Crippen molar-refractivity contribution in [3.63, 3.8) is 0 Å². The van der Waals surface area contributed by atoms with Gasteiger partial charge in [0, 0.05) is 31.5 Å². The van der Waals surface area contributed by atoms with Crippen molar-refractivity contribution in [1.82, 2.24) is 10.2 Å². The molecule has 0 saturated carbocycles. The first-order valence-electron chi connectivity index (χ1n) is 8.81. The fraction of sp³-hybridized carbons (Fsp3) is 0.444. The number of aromatic nitrogens is 2. The second kappa shape index (κ2) is 10.6. The van der Waals surface area contributed by atoms with Crippen LogP contribution >= 0.6 is 11.3 Å². The van der Waals surface area contributed by atoms with Gasteiger partial charge >= 0.3 is 0 Å². The number of nitrogens with two attached hydrogens (primary N) is 1. The van der Waals surface area contributed by atoms with Gasteiger partial charge in [0.15, 0.2) is 0 Å². The molecule has 0 radical (unpaired) electrons. The van der Waals surface area contributed by atoms with E-state index in [0.717, 1.165) is 11.4 Å². The SMILES string of the molecule is CC(C)Cc1nnc(NC(=O)CCC(=O)Nc2ccc(OCCN)cc2)s1. The number of ether oxygens (including phenoxy) is 1. The number of carbonyl (C=O) groups is 2. The van der Waals surface area contributed by atoms with Crippen LogP contribution in [-0.2, 0) is 16.0 Å². The van der Waals surface area contributed by atoms with E-state index in [9.17, 15) is 9.59 Å². The van der Waals surface area contributed by atoms with E-state index in [4.69, 9.17) is 10.5 Å². The van der Waals surface area contributed by atoms with E-state index >= 15 is 0 Å².